The molecule has 3 aromatic rings. The number of benzene rings is 1. The lowest BCUT2D eigenvalue weighted by Crippen LogP contribution is -2.21. The Balaban J connectivity index is 2.30. The fraction of sp³-hybridized carbons (Fsp3) is 0.316. The molecule has 12 heteroatoms. The van der Waals surface area contributed by atoms with Crippen LogP contribution in [0, 0.1) is 4.77 Å². The number of aromatic nitrogens is 3. The Morgan fingerprint density at radius 3 is 2.65 bits per heavy atom. The Bertz CT molecular complexity index is 1210. The molecule has 0 atom stereocenters. The van der Waals surface area contributed by atoms with Crippen molar-refractivity contribution in [2.24, 2.45) is 0 Å². The van der Waals surface area contributed by atoms with Crippen LogP contribution in [0.3, 0.4) is 0 Å². The van der Waals surface area contributed by atoms with Crippen LogP contribution in [0.2, 0.25) is 0 Å². The molecule has 0 aliphatic carbocycles. The van der Waals surface area contributed by atoms with Crippen LogP contribution in [0.5, 0.6) is 5.75 Å². The molecule has 0 aliphatic heterocycles. The minimum Gasteiger partial charge on any atom is -0.435 e. The van der Waals surface area contributed by atoms with E-state index in [0.717, 1.165) is 6.07 Å². The van der Waals surface area contributed by atoms with Gasteiger partial charge in [0.1, 0.15) is 11.4 Å². The minimum absolute atomic E-state index is 0.0961. The standard InChI is InChI=1S/C19H16F5N3O3S/c1-29-7-3-6-27-15-14(16(28)26-18(27)31)12(19(22,23)24)9-13(25-15)10-4-2-5-11(8-10)30-17(20)21/h2,4-5,8-9,17H,3,6-7H2,1H3,(H,26,28,31). The van der Waals surface area contributed by atoms with Gasteiger partial charge in [-0.1, -0.05) is 12.1 Å². The van der Waals surface area contributed by atoms with Gasteiger partial charge in [0, 0.05) is 25.8 Å². The van der Waals surface area contributed by atoms with E-state index in [2.05, 4.69) is 14.7 Å². The molecule has 1 N–H and O–H groups in total. The number of rotatable bonds is 7. The third kappa shape index (κ3) is 5.07. The Labute approximate surface area is 177 Å². The molecule has 2 aromatic heterocycles. The second-order valence-electron chi connectivity index (χ2n) is 6.42. The minimum atomic E-state index is -4.88. The summed E-state index contributed by atoms with van der Waals surface area (Å²) < 4.78 is 77.0. The van der Waals surface area contributed by atoms with Gasteiger partial charge in [-0.25, -0.2) is 4.98 Å². The number of hydrogen-bond donors (Lipinski definition) is 1. The number of halogens is 5. The van der Waals surface area contributed by atoms with Crippen molar-refractivity contribution in [1.29, 1.82) is 0 Å². The van der Waals surface area contributed by atoms with Crippen molar-refractivity contribution in [2.75, 3.05) is 13.7 Å². The fourth-order valence-electron chi connectivity index (χ4n) is 3.05. The highest BCUT2D eigenvalue weighted by Crippen LogP contribution is 2.36. The maximum absolute atomic E-state index is 13.8. The number of fused-ring (bicyclic) bond motifs is 1. The van der Waals surface area contributed by atoms with Crippen LogP contribution in [0.1, 0.15) is 12.0 Å². The molecule has 0 saturated carbocycles. The quantitative estimate of drug-likeness (QED) is 0.312. The van der Waals surface area contributed by atoms with Crippen LogP contribution in [0.25, 0.3) is 22.3 Å². The number of methoxy groups -OCH3 is 1. The first kappa shape index (κ1) is 22.8. The first-order valence-corrected chi connectivity index (χ1v) is 9.32. The van der Waals surface area contributed by atoms with Crippen molar-refractivity contribution in [3.63, 3.8) is 0 Å². The van der Waals surface area contributed by atoms with Gasteiger partial charge in [-0.2, -0.15) is 22.0 Å². The lowest BCUT2D eigenvalue weighted by molar-refractivity contribution is -0.136. The van der Waals surface area contributed by atoms with E-state index in [-0.39, 0.29) is 34.0 Å². The van der Waals surface area contributed by atoms with Crippen LogP contribution in [-0.4, -0.2) is 34.9 Å². The highest BCUT2D eigenvalue weighted by molar-refractivity contribution is 7.71. The van der Waals surface area contributed by atoms with Crippen molar-refractivity contribution in [3.8, 4) is 17.0 Å². The summed E-state index contributed by atoms with van der Waals surface area (Å²) >= 11 is 5.12. The molecule has 2 heterocycles. The van der Waals surface area contributed by atoms with Gasteiger partial charge < -0.3 is 14.0 Å². The van der Waals surface area contributed by atoms with Crippen molar-refractivity contribution >= 4 is 23.3 Å². The monoisotopic (exact) mass is 461 g/mol. The summed E-state index contributed by atoms with van der Waals surface area (Å²) in [7, 11) is 1.47. The molecule has 1 aromatic carbocycles. The number of aromatic amines is 1. The molecule has 0 fully saturated rings. The molecule has 166 valence electrons. The smallest absolute Gasteiger partial charge is 0.417 e. The molecule has 0 radical (unpaired) electrons. The lowest BCUT2D eigenvalue weighted by Gasteiger charge is -2.16. The van der Waals surface area contributed by atoms with E-state index in [1.54, 1.807) is 0 Å². The number of H-pyrrole nitrogens is 1. The predicted octanol–water partition coefficient (Wildman–Crippen LogP) is 4.78. The summed E-state index contributed by atoms with van der Waals surface area (Å²) in [5.74, 6) is -0.245. The topological polar surface area (TPSA) is 69.1 Å². The SMILES string of the molecule is COCCCn1c(=S)[nH]c(=O)c2c(C(F)(F)F)cc(-c3cccc(OC(F)F)c3)nc21. The Kier molecular flexibility index (Phi) is 6.70. The molecule has 0 bridgehead atoms. The van der Waals surface area contributed by atoms with Gasteiger partial charge in [0.25, 0.3) is 5.56 Å². The molecule has 0 unspecified atom stereocenters. The number of nitrogens with zero attached hydrogens (tertiary/aromatic N) is 2. The maximum atomic E-state index is 13.8. The average Bonchev–Trinajstić information content (AvgIpc) is 2.68. The zero-order valence-electron chi connectivity index (χ0n) is 16.0. The first-order chi connectivity index (χ1) is 14.6. The van der Waals surface area contributed by atoms with Gasteiger partial charge in [0.05, 0.1) is 16.6 Å². The highest BCUT2D eigenvalue weighted by atomic mass is 32.1. The number of nitrogens with one attached hydrogen (secondary N) is 1. The van der Waals surface area contributed by atoms with Crippen molar-refractivity contribution in [3.05, 3.63) is 51.0 Å². The number of alkyl halides is 5. The molecule has 3 rings (SSSR count). The molecule has 6 nitrogen and oxygen atoms in total. The van der Waals surface area contributed by atoms with Crippen LogP contribution >= 0.6 is 12.2 Å². The normalized spacial score (nSPS) is 12.0. The molecule has 0 saturated heterocycles. The summed E-state index contributed by atoms with van der Waals surface area (Å²) in [5, 5.41) is -0.665. The third-order valence-electron chi connectivity index (χ3n) is 4.34. The summed E-state index contributed by atoms with van der Waals surface area (Å²) in [5.41, 5.74) is -2.59. The van der Waals surface area contributed by atoms with E-state index < -0.39 is 29.3 Å². The zero-order chi connectivity index (χ0) is 22.8. The Morgan fingerprint density at radius 2 is 2.00 bits per heavy atom. The van der Waals surface area contributed by atoms with E-state index in [1.165, 1.54) is 29.9 Å². The van der Waals surface area contributed by atoms with E-state index in [1.807, 2.05) is 0 Å². The van der Waals surface area contributed by atoms with Crippen LogP contribution in [0.4, 0.5) is 22.0 Å². The van der Waals surface area contributed by atoms with Gasteiger partial charge in [0.15, 0.2) is 4.77 Å². The molecule has 0 aliphatic rings. The predicted molar refractivity (Wildman–Crippen MR) is 105 cm³/mol. The summed E-state index contributed by atoms with van der Waals surface area (Å²) in [6, 6.07) is 5.80. The van der Waals surface area contributed by atoms with E-state index in [0.29, 0.717) is 19.1 Å². The molecule has 0 amide bonds. The molecule has 0 spiro atoms. The van der Waals surface area contributed by atoms with Gasteiger partial charge in [-0.3, -0.25) is 9.78 Å². The second-order valence-corrected chi connectivity index (χ2v) is 6.80. The van der Waals surface area contributed by atoms with E-state index in [4.69, 9.17) is 17.0 Å². The van der Waals surface area contributed by atoms with Crippen LogP contribution in [0.15, 0.2) is 35.1 Å². The largest absolute Gasteiger partial charge is 0.435 e. The number of ether oxygens (including phenoxy) is 2. The third-order valence-corrected chi connectivity index (χ3v) is 4.66. The summed E-state index contributed by atoms with van der Waals surface area (Å²) in [4.78, 5) is 18.9. The van der Waals surface area contributed by atoms with Gasteiger partial charge in [-0.05, 0) is 36.8 Å². The second kappa shape index (κ2) is 9.10. The first-order valence-electron chi connectivity index (χ1n) is 8.91. The number of aryl methyl sites for hydroxylation is 1. The fourth-order valence-corrected chi connectivity index (χ4v) is 3.32. The Morgan fingerprint density at radius 1 is 1.26 bits per heavy atom. The van der Waals surface area contributed by atoms with E-state index in [9.17, 15) is 26.7 Å². The van der Waals surface area contributed by atoms with Gasteiger partial charge in [-0.15, -0.1) is 0 Å². The summed E-state index contributed by atoms with van der Waals surface area (Å²) in [6.07, 6.45) is -4.48. The highest BCUT2D eigenvalue weighted by Gasteiger charge is 2.35. The maximum Gasteiger partial charge on any atom is 0.417 e. The van der Waals surface area contributed by atoms with Crippen LogP contribution < -0.4 is 10.3 Å². The zero-order valence-corrected chi connectivity index (χ0v) is 16.8. The van der Waals surface area contributed by atoms with Gasteiger partial charge in [0.2, 0.25) is 0 Å². The van der Waals surface area contributed by atoms with Crippen molar-refractivity contribution in [2.45, 2.75) is 25.8 Å². The molecule has 31 heavy (non-hydrogen) atoms. The molecular weight excluding hydrogens is 445 g/mol. The van der Waals surface area contributed by atoms with E-state index >= 15 is 0 Å². The lowest BCUT2D eigenvalue weighted by atomic mass is 10.1. The van der Waals surface area contributed by atoms with Gasteiger partial charge >= 0.3 is 12.8 Å². The number of hydrogen-bond acceptors (Lipinski definition) is 5. The van der Waals surface area contributed by atoms with Crippen molar-refractivity contribution in [1.82, 2.24) is 14.5 Å². The average molecular weight is 461 g/mol. The van der Waals surface area contributed by atoms with Crippen LogP contribution in [-0.2, 0) is 17.5 Å². The number of pyridine rings is 1. The summed E-state index contributed by atoms with van der Waals surface area (Å²) in [6.45, 7) is -2.65. The molecular formula is C19H16F5N3O3S. The Hall–Kier alpha value is -2.86. The van der Waals surface area contributed by atoms with Crippen molar-refractivity contribution < 1.29 is 31.4 Å².